The summed E-state index contributed by atoms with van der Waals surface area (Å²) >= 11 is -0.106. The topological polar surface area (TPSA) is 0 Å². The van der Waals surface area contributed by atoms with Crippen LogP contribution < -0.4 is 0 Å². The molecule has 0 rings (SSSR count). The number of hydrogen-bond donors (Lipinski definition) is 0. The van der Waals surface area contributed by atoms with E-state index >= 15 is 0 Å². The number of allylic oxidation sites excluding steroid dienone is 4. The Kier molecular flexibility index (Phi) is 21.5. The van der Waals surface area contributed by atoms with Crippen molar-refractivity contribution in [2.75, 3.05) is 12.3 Å². The van der Waals surface area contributed by atoms with Crippen LogP contribution in [0, 0.1) is 33.5 Å². The Bertz CT molecular complexity index is 404. The molecule has 31 heavy (non-hydrogen) atoms. The van der Waals surface area contributed by atoms with E-state index in [0.717, 1.165) is 24.2 Å². The Morgan fingerprint density at radius 3 is 0.871 bits per heavy atom. The van der Waals surface area contributed by atoms with Crippen LogP contribution in [0.15, 0.2) is 24.3 Å². The third-order valence-electron chi connectivity index (χ3n) is 5.53. The number of rotatable bonds is 6. The molecule has 0 saturated carbocycles. The summed E-state index contributed by atoms with van der Waals surface area (Å²) in [5.41, 5.74) is 1.57. The summed E-state index contributed by atoms with van der Waals surface area (Å²) in [6.07, 6.45) is 13.7. The zero-order valence-electron chi connectivity index (χ0n) is 22.5. The molecule has 0 N–H and O–H groups in total. The van der Waals surface area contributed by atoms with Crippen LogP contribution in [0.4, 0.5) is 0 Å². The molecular weight excluding hydrogens is 552 g/mol. The fourth-order valence-electron chi connectivity index (χ4n) is 4.67. The van der Waals surface area contributed by atoms with Crippen LogP contribution in [0.3, 0.4) is 0 Å². The molecule has 0 aliphatic heterocycles. The van der Waals surface area contributed by atoms with Crippen LogP contribution in [0.5, 0.6) is 0 Å². The SMILES string of the molecule is CC(C)(C)C(CC=CCP)C(C)(C)C.CC(C)(C)C(CC=CCP)C(C)(C)C.[Cl][Pd][Cl]. The maximum absolute atomic E-state index is 4.81. The first kappa shape index (κ1) is 37.1. The van der Waals surface area contributed by atoms with Gasteiger partial charge in [0.15, 0.2) is 0 Å². The Hall–Kier alpha value is 1.58. The van der Waals surface area contributed by atoms with Gasteiger partial charge in [-0.3, -0.25) is 0 Å². The van der Waals surface area contributed by atoms with Crippen molar-refractivity contribution < 1.29 is 15.9 Å². The average molecular weight is 606 g/mol. The molecule has 0 aliphatic carbocycles. The molecule has 0 heterocycles. The van der Waals surface area contributed by atoms with Gasteiger partial charge < -0.3 is 0 Å². The summed E-state index contributed by atoms with van der Waals surface area (Å²) in [5, 5.41) is 0. The predicted octanol–water partition coefficient (Wildman–Crippen LogP) is 10.4. The molecule has 5 heteroatoms. The summed E-state index contributed by atoms with van der Waals surface area (Å²) in [7, 11) is 15.1. The molecule has 0 aromatic heterocycles. The van der Waals surface area contributed by atoms with Crippen LogP contribution in [0.1, 0.15) is 95.9 Å². The van der Waals surface area contributed by atoms with E-state index in [9.17, 15) is 0 Å². The molecule has 0 nitrogen and oxygen atoms in total. The van der Waals surface area contributed by atoms with E-state index in [4.69, 9.17) is 19.1 Å². The van der Waals surface area contributed by atoms with Crippen molar-refractivity contribution in [3.05, 3.63) is 24.3 Å². The molecule has 0 radical (unpaired) electrons. The first-order chi connectivity index (χ1) is 13.8. The van der Waals surface area contributed by atoms with E-state index in [2.05, 4.69) is 126 Å². The Morgan fingerprint density at radius 2 is 0.742 bits per heavy atom. The summed E-state index contributed by atoms with van der Waals surface area (Å²) in [6, 6.07) is 0. The molecular formula is C26H54Cl2P2Pd. The molecule has 0 aliphatic rings. The zero-order valence-corrected chi connectivity index (χ0v) is 27.9. The van der Waals surface area contributed by atoms with Gasteiger partial charge in [0.05, 0.1) is 0 Å². The van der Waals surface area contributed by atoms with Crippen LogP contribution in [0.25, 0.3) is 0 Å². The van der Waals surface area contributed by atoms with Crippen LogP contribution >= 0.6 is 37.5 Å². The molecule has 0 amide bonds. The second-order valence-corrected chi connectivity index (χ2v) is 15.8. The monoisotopic (exact) mass is 604 g/mol. The zero-order chi connectivity index (χ0) is 25.5. The molecule has 0 aromatic carbocycles. The molecule has 0 fully saturated rings. The van der Waals surface area contributed by atoms with Crippen molar-refractivity contribution in [3.8, 4) is 0 Å². The van der Waals surface area contributed by atoms with Crippen molar-refractivity contribution in [2.45, 2.75) is 95.9 Å². The van der Waals surface area contributed by atoms with Gasteiger partial charge in [0, 0.05) is 0 Å². The maximum atomic E-state index is 4.81. The molecule has 192 valence electrons. The minimum atomic E-state index is -0.106. The van der Waals surface area contributed by atoms with Gasteiger partial charge in [-0.25, -0.2) is 0 Å². The fraction of sp³-hybridized carbons (Fsp3) is 0.846. The first-order valence-electron chi connectivity index (χ1n) is 11.3. The van der Waals surface area contributed by atoms with Gasteiger partial charge in [0.2, 0.25) is 0 Å². The normalized spacial score (nSPS) is 13.6. The standard InChI is InChI=1S/2C13H27P.2ClH.Pd/c2*1-12(2,3)11(13(4,5)6)9-7-8-10-14;;;/h2*7-8,11H,9-10,14H2,1-6H3;2*1H;/q;;;;+2/p-2. The third-order valence-corrected chi connectivity index (χ3v) is 6.07. The van der Waals surface area contributed by atoms with Gasteiger partial charge in [0.1, 0.15) is 0 Å². The molecule has 0 saturated heterocycles. The Balaban J connectivity index is -0.000000448. The number of halogens is 2. The third kappa shape index (κ3) is 21.8. The van der Waals surface area contributed by atoms with Crippen molar-refractivity contribution in [3.63, 3.8) is 0 Å². The molecule has 2 atom stereocenters. The van der Waals surface area contributed by atoms with Crippen LogP contribution in [0.2, 0.25) is 0 Å². The van der Waals surface area contributed by atoms with E-state index in [1.165, 1.54) is 12.8 Å². The second kappa shape index (κ2) is 17.9. The van der Waals surface area contributed by atoms with E-state index < -0.39 is 0 Å². The molecule has 0 aromatic rings. The molecule has 0 spiro atoms. The van der Waals surface area contributed by atoms with E-state index in [0.29, 0.717) is 21.7 Å². The van der Waals surface area contributed by atoms with Gasteiger partial charge in [-0.05, 0) is 58.7 Å². The van der Waals surface area contributed by atoms with E-state index in [1.54, 1.807) is 0 Å². The first-order valence-corrected chi connectivity index (χ1v) is 17.0. The van der Waals surface area contributed by atoms with Crippen molar-refractivity contribution in [1.82, 2.24) is 0 Å². The predicted molar refractivity (Wildman–Crippen MR) is 153 cm³/mol. The quantitative estimate of drug-likeness (QED) is 0.161. The second-order valence-electron chi connectivity index (χ2n) is 12.5. The summed E-state index contributed by atoms with van der Waals surface area (Å²) in [4.78, 5) is 0. The van der Waals surface area contributed by atoms with Gasteiger partial charge in [-0.1, -0.05) is 107 Å². The van der Waals surface area contributed by atoms with Gasteiger partial charge in [-0.15, -0.1) is 18.5 Å². The Morgan fingerprint density at radius 1 is 0.548 bits per heavy atom. The summed E-state index contributed by atoms with van der Waals surface area (Å²) < 4.78 is 0. The van der Waals surface area contributed by atoms with E-state index in [1.807, 2.05) is 0 Å². The van der Waals surface area contributed by atoms with Crippen molar-refractivity contribution in [2.24, 2.45) is 33.5 Å². The summed E-state index contributed by atoms with van der Waals surface area (Å²) in [6.45, 7) is 28.1. The van der Waals surface area contributed by atoms with Crippen molar-refractivity contribution >= 4 is 37.5 Å². The van der Waals surface area contributed by atoms with Crippen LogP contribution in [-0.4, -0.2) is 12.3 Å². The van der Waals surface area contributed by atoms with Gasteiger partial charge in [-0.2, -0.15) is 0 Å². The Labute approximate surface area is 218 Å². The minimum absolute atomic E-state index is 0.106. The fourth-order valence-corrected chi connectivity index (χ4v) is 5.05. The van der Waals surface area contributed by atoms with Crippen molar-refractivity contribution in [1.29, 1.82) is 0 Å². The summed E-state index contributed by atoms with van der Waals surface area (Å²) in [5.74, 6) is 1.48. The van der Waals surface area contributed by atoms with Gasteiger partial charge >= 0.3 is 35.0 Å². The number of hydrogen-bond acceptors (Lipinski definition) is 0. The van der Waals surface area contributed by atoms with Crippen LogP contribution in [-0.2, 0) is 15.9 Å². The average Bonchev–Trinajstić information content (AvgIpc) is 2.52. The molecule has 2 unspecified atom stereocenters. The van der Waals surface area contributed by atoms with Gasteiger partial charge in [0.25, 0.3) is 0 Å². The van der Waals surface area contributed by atoms with E-state index in [-0.39, 0.29) is 15.9 Å². The molecule has 0 bridgehead atoms.